The van der Waals surface area contributed by atoms with Crippen LogP contribution in [0.4, 0.5) is 13.2 Å². The van der Waals surface area contributed by atoms with E-state index in [1.165, 1.54) is 24.3 Å². The zero-order valence-electron chi connectivity index (χ0n) is 8.64. The summed E-state index contributed by atoms with van der Waals surface area (Å²) in [6.07, 6.45) is -5.23. The van der Waals surface area contributed by atoms with Crippen LogP contribution in [0.2, 0.25) is 0 Å². The van der Waals surface area contributed by atoms with Crippen LogP contribution >= 0.6 is 0 Å². The summed E-state index contributed by atoms with van der Waals surface area (Å²) < 4.78 is 36.6. The van der Waals surface area contributed by atoms with Crippen molar-refractivity contribution in [1.82, 2.24) is 4.98 Å². The van der Waals surface area contributed by atoms with Gasteiger partial charge in [0.05, 0.1) is 6.42 Å². The first-order valence-electron chi connectivity index (χ1n) is 4.83. The lowest BCUT2D eigenvalue weighted by molar-refractivity contribution is -0.127. The number of nitrogens with one attached hydrogen (secondary N) is 1. The molecule has 0 spiro atoms. The monoisotopic (exact) mass is 242 g/mol. The topological polar surface area (TPSA) is 58.9 Å². The van der Waals surface area contributed by atoms with E-state index in [0.717, 1.165) is 0 Å². The Hall–Kier alpha value is -1.98. The van der Waals surface area contributed by atoms with E-state index in [-0.39, 0.29) is 11.3 Å². The summed E-state index contributed by atoms with van der Waals surface area (Å²) in [7, 11) is 0. The molecule has 1 heterocycles. The van der Waals surface area contributed by atoms with Crippen molar-refractivity contribution in [2.45, 2.75) is 12.6 Å². The average molecular weight is 242 g/mol. The van der Waals surface area contributed by atoms with E-state index < -0.39 is 18.5 Å². The number of benzene rings is 1. The van der Waals surface area contributed by atoms with Gasteiger partial charge in [-0.1, -0.05) is 6.07 Å². The van der Waals surface area contributed by atoms with E-state index in [4.69, 9.17) is 5.73 Å². The van der Waals surface area contributed by atoms with Crippen LogP contribution in [0.3, 0.4) is 0 Å². The van der Waals surface area contributed by atoms with Crippen molar-refractivity contribution in [2.24, 2.45) is 5.73 Å². The van der Waals surface area contributed by atoms with Gasteiger partial charge in [0.25, 0.3) is 5.91 Å². The number of primary amides is 1. The fourth-order valence-electron chi connectivity index (χ4n) is 1.66. The summed E-state index contributed by atoms with van der Waals surface area (Å²) in [5.74, 6) is -0.640. The smallest absolute Gasteiger partial charge is 0.364 e. The molecular weight excluding hydrogens is 233 g/mol. The molecule has 0 radical (unpaired) electrons. The molecule has 0 unspecified atom stereocenters. The number of hydrogen-bond donors (Lipinski definition) is 2. The molecule has 0 aliphatic carbocycles. The minimum absolute atomic E-state index is 0.153. The zero-order chi connectivity index (χ0) is 12.6. The van der Waals surface area contributed by atoms with Gasteiger partial charge in [-0.2, -0.15) is 13.2 Å². The third-order valence-electron chi connectivity index (χ3n) is 2.36. The standard InChI is InChI=1S/C11H9F3N2O/c12-11(13,14)5-6-1-2-8-7(3-6)4-9(16-8)10(15)17/h1-4,16H,5H2,(H2,15,17). The van der Waals surface area contributed by atoms with Crippen LogP contribution in [0.5, 0.6) is 0 Å². The Labute approximate surface area is 94.4 Å². The van der Waals surface area contributed by atoms with Crippen LogP contribution < -0.4 is 5.73 Å². The molecule has 0 saturated carbocycles. The molecule has 3 N–H and O–H groups in total. The predicted molar refractivity (Wildman–Crippen MR) is 56.6 cm³/mol. The fourth-order valence-corrected chi connectivity index (χ4v) is 1.66. The van der Waals surface area contributed by atoms with Gasteiger partial charge in [0, 0.05) is 10.9 Å². The molecule has 0 fully saturated rings. The van der Waals surface area contributed by atoms with Crippen LogP contribution in [0.15, 0.2) is 24.3 Å². The number of hydrogen-bond acceptors (Lipinski definition) is 1. The maximum atomic E-state index is 12.2. The van der Waals surface area contributed by atoms with Gasteiger partial charge in [-0.15, -0.1) is 0 Å². The Bertz CT molecular complexity index is 572. The highest BCUT2D eigenvalue weighted by Gasteiger charge is 2.27. The molecular formula is C11H9F3N2O. The Kier molecular flexibility index (Phi) is 2.57. The van der Waals surface area contributed by atoms with E-state index in [0.29, 0.717) is 10.9 Å². The number of carbonyl (C=O) groups is 1. The molecule has 3 nitrogen and oxygen atoms in total. The van der Waals surface area contributed by atoms with Gasteiger partial charge >= 0.3 is 6.18 Å². The molecule has 1 aromatic carbocycles. The average Bonchev–Trinajstić information content (AvgIpc) is 2.57. The van der Waals surface area contributed by atoms with Gasteiger partial charge in [0.1, 0.15) is 5.69 Å². The van der Waals surface area contributed by atoms with Gasteiger partial charge in [-0.3, -0.25) is 4.79 Å². The highest BCUT2D eigenvalue weighted by atomic mass is 19.4. The maximum absolute atomic E-state index is 12.2. The zero-order valence-corrected chi connectivity index (χ0v) is 8.64. The Balaban J connectivity index is 2.40. The van der Waals surface area contributed by atoms with E-state index in [1.54, 1.807) is 0 Å². The van der Waals surface area contributed by atoms with Crippen molar-refractivity contribution in [2.75, 3.05) is 0 Å². The van der Waals surface area contributed by atoms with Gasteiger partial charge in [-0.05, 0) is 23.8 Å². The lowest BCUT2D eigenvalue weighted by atomic mass is 10.1. The largest absolute Gasteiger partial charge is 0.393 e. The fraction of sp³-hybridized carbons (Fsp3) is 0.182. The highest BCUT2D eigenvalue weighted by Crippen LogP contribution is 2.24. The molecule has 0 bridgehead atoms. The summed E-state index contributed by atoms with van der Waals surface area (Å²) >= 11 is 0. The first kappa shape index (κ1) is 11.5. The molecule has 1 aromatic heterocycles. The van der Waals surface area contributed by atoms with Gasteiger partial charge in [-0.25, -0.2) is 0 Å². The first-order chi connectivity index (χ1) is 7.85. The Morgan fingerprint density at radius 1 is 1.29 bits per heavy atom. The van der Waals surface area contributed by atoms with Crippen molar-refractivity contribution in [1.29, 1.82) is 0 Å². The normalized spacial score (nSPS) is 11.9. The molecule has 6 heteroatoms. The summed E-state index contributed by atoms with van der Waals surface area (Å²) in [5.41, 5.74) is 5.99. The van der Waals surface area contributed by atoms with Crippen molar-refractivity contribution >= 4 is 16.8 Å². The summed E-state index contributed by atoms with van der Waals surface area (Å²) in [6.45, 7) is 0. The summed E-state index contributed by atoms with van der Waals surface area (Å²) in [5, 5.41) is 0.542. The summed E-state index contributed by atoms with van der Waals surface area (Å²) in [6, 6.07) is 5.71. The number of alkyl halides is 3. The predicted octanol–water partition coefficient (Wildman–Crippen LogP) is 2.37. The second-order valence-electron chi connectivity index (χ2n) is 3.76. The van der Waals surface area contributed by atoms with Crippen molar-refractivity contribution in [3.8, 4) is 0 Å². The van der Waals surface area contributed by atoms with Crippen molar-refractivity contribution in [3.05, 3.63) is 35.5 Å². The molecule has 2 rings (SSSR count). The van der Waals surface area contributed by atoms with Crippen LogP contribution in [0, 0.1) is 0 Å². The molecule has 17 heavy (non-hydrogen) atoms. The van der Waals surface area contributed by atoms with Gasteiger partial charge in [0.2, 0.25) is 0 Å². The van der Waals surface area contributed by atoms with Crippen molar-refractivity contribution < 1.29 is 18.0 Å². The number of aromatic amines is 1. The van der Waals surface area contributed by atoms with Crippen LogP contribution in [0.1, 0.15) is 16.1 Å². The lowest BCUT2D eigenvalue weighted by Crippen LogP contribution is -2.11. The van der Waals surface area contributed by atoms with E-state index in [2.05, 4.69) is 4.98 Å². The number of amides is 1. The number of aromatic nitrogens is 1. The first-order valence-corrected chi connectivity index (χ1v) is 4.83. The number of carbonyl (C=O) groups excluding carboxylic acids is 1. The minimum atomic E-state index is -4.24. The molecule has 1 amide bonds. The van der Waals surface area contributed by atoms with Crippen LogP contribution in [0.25, 0.3) is 10.9 Å². The summed E-state index contributed by atoms with van der Waals surface area (Å²) in [4.78, 5) is 13.6. The second kappa shape index (κ2) is 3.80. The van der Waals surface area contributed by atoms with E-state index in [9.17, 15) is 18.0 Å². The van der Waals surface area contributed by atoms with Gasteiger partial charge < -0.3 is 10.7 Å². The van der Waals surface area contributed by atoms with Crippen molar-refractivity contribution in [3.63, 3.8) is 0 Å². The maximum Gasteiger partial charge on any atom is 0.393 e. The van der Waals surface area contributed by atoms with Crippen LogP contribution in [-0.4, -0.2) is 17.1 Å². The highest BCUT2D eigenvalue weighted by molar-refractivity contribution is 5.97. The Morgan fingerprint density at radius 3 is 2.59 bits per heavy atom. The molecule has 0 saturated heterocycles. The van der Waals surface area contributed by atoms with E-state index >= 15 is 0 Å². The Morgan fingerprint density at radius 2 is 2.00 bits per heavy atom. The molecule has 0 aliphatic heterocycles. The number of H-pyrrole nitrogens is 1. The molecule has 0 atom stereocenters. The quantitative estimate of drug-likeness (QED) is 0.834. The number of rotatable bonds is 2. The molecule has 0 aliphatic rings. The third kappa shape index (κ3) is 2.58. The van der Waals surface area contributed by atoms with Crippen LogP contribution in [-0.2, 0) is 6.42 Å². The lowest BCUT2D eigenvalue weighted by Gasteiger charge is -2.05. The number of fused-ring (bicyclic) bond motifs is 1. The minimum Gasteiger partial charge on any atom is -0.364 e. The SMILES string of the molecule is NC(=O)c1cc2cc(CC(F)(F)F)ccc2[nH]1. The number of halogens is 3. The second-order valence-corrected chi connectivity index (χ2v) is 3.76. The van der Waals surface area contributed by atoms with Gasteiger partial charge in [0.15, 0.2) is 0 Å². The van der Waals surface area contributed by atoms with E-state index in [1.807, 2.05) is 0 Å². The number of nitrogens with two attached hydrogens (primary N) is 1. The molecule has 2 aromatic rings. The molecule has 90 valence electrons. The third-order valence-corrected chi connectivity index (χ3v) is 2.36.